The van der Waals surface area contributed by atoms with Gasteiger partial charge in [-0.1, -0.05) is 27.5 Å². The highest BCUT2D eigenvalue weighted by Crippen LogP contribution is 2.65. The normalized spacial score (nSPS) is 36.2. The van der Waals surface area contributed by atoms with Crippen LogP contribution in [0.3, 0.4) is 0 Å². The minimum absolute atomic E-state index is 0.0825. The van der Waals surface area contributed by atoms with Crippen LogP contribution in [0.2, 0.25) is 5.02 Å². The second-order valence-corrected chi connectivity index (χ2v) is 11.7. The maximum atomic E-state index is 12.9. The molecule has 2 amide bonds. The first kappa shape index (κ1) is 18.9. The highest BCUT2D eigenvalue weighted by atomic mass is 79.9. The van der Waals surface area contributed by atoms with Gasteiger partial charge < -0.3 is 10.2 Å². The Morgan fingerprint density at radius 1 is 1.25 bits per heavy atom. The lowest BCUT2D eigenvalue weighted by atomic mass is 9.48. The van der Waals surface area contributed by atoms with E-state index < -0.39 is 0 Å². The molecule has 1 aliphatic heterocycles. The average Bonchev–Trinajstić information content (AvgIpc) is 2.97. The zero-order valence-corrected chi connectivity index (χ0v) is 18.3. The number of nitrogens with one attached hydrogen (secondary N) is 1. The van der Waals surface area contributed by atoms with Crippen LogP contribution in [-0.4, -0.2) is 22.7 Å². The number of halogens is 2. The van der Waals surface area contributed by atoms with Crippen LogP contribution in [0.1, 0.15) is 57.8 Å². The summed E-state index contributed by atoms with van der Waals surface area (Å²) in [7, 11) is 0. The van der Waals surface area contributed by atoms with E-state index in [0.717, 1.165) is 30.4 Å². The summed E-state index contributed by atoms with van der Waals surface area (Å²) in [6, 6.07) is 5.47. The summed E-state index contributed by atoms with van der Waals surface area (Å²) in [6.45, 7) is 0.712. The molecule has 0 unspecified atom stereocenters. The fourth-order valence-corrected chi connectivity index (χ4v) is 8.59. The lowest BCUT2D eigenvalue weighted by molar-refractivity contribution is -0.123. The summed E-state index contributed by atoms with van der Waals surface area (Å²) in [6.07, 6.45) is 9.46. The van der Waals surface area contributed by atoms with Crippen LogP contribution in [0, 0.1) is 17.3 Å². The molecular weight excluding hydrogens is 440 g/mol. The predicted molar refractivity (Wildman–Crippen MR) is 115 cm³/mol. The molecule has 2 atom stereocenters. The van der Waals surface area contributed by atoms with Crippen molar-refractivity contribution in [2.75, 3.05) is 16.8 Å². The second-order valence-electron chi connectivity index (χ2n) is 9.65. The summed E-state index contributed by atoms with van der Waals surface area (Å²) in [5.74, 6) is 1.75. The molecule has 1 aromatic rings. The minimum atomic E-state index is 0.0825. The van der Waals surface area contributed by atoms with Crippen LogP contribution < -0.4 is 10.2 Å². The van der Waals surface area contributed by atoms with Crippen LogP contribution in [0.5, 0.6) is 0 Å². The zero-order chi connectivity index (χ0) is 19.5. The molecule has 4 bridgehead atoms. The number of rotatable bonds is 4. The number of anilines is 2. The Balaban J connectivity index is 1.27. The van der Waals surface area contributed by atoms with Crippen molar-refractivity contribution in [1.82, 2.24) is 0 Å². The first-order valence-electron chi connectivity index (χ1n) is 10.4. The van der Waals surface area contributed by atoms with E-state index in [1.54, 1.807) is 11.0 Å². The average molecular weight is 466 g/mol. The van der Waals surface area contributed by atoms with E-state index in [9.17, 15) is 9.59 Å². The standard InChI is InChI=1S/C22H26BrClN2O2/c23-22-10-14-6-15(11-22)9-21(8-14,13-22)12-19(27)25-16-3-4-18(17(24)7-16)26-5-1-2-20(26)28/h3-4,7,14-15H,1-2,5-6,8-13H2,(H,25,27)/t14-,15-,21?,22?/m1/s1. The van der Waals surface area contributed by atoms with E-state index in [1.165, 1.54) is 32.1 Å². The van der Waals surface area contributed by atoms with Crippen LogP contribution in [0.15, 0.2) is 18.2 Å². The van der Waals surface area contributed by atoms with Crippen LogP contribution >= 0.6 is 27.5 Å². The largest absolute Gasteiger partial charge is 0.326 e. The fraction of sp³-hybridized carbons (Fsp3) is 0.636. The first-order valence-corrected chi connectivity index (χ1v) is 11.6. The monoisotopic (exact) mass is 464 g/mol. The Kier molecular flexibility index (Phi) is 4.55. The van der Waals surface area contributed by atoms with Gasteiger partial charge in [0, 0.05) is 29.4 Å². The van der Waals surface area contributed by atoms with Gasteiger partial charge in [0.15, 0.2) is 0 Å². The van der Waals surface area contributed by atoms with Gasteiger partial charge in [0.2, 0.25) is 11.8 Å². The maximum Gasteiger partial charge on any atom is 0.227 e. The molecule has 5 aliphatic rings. The topological polar surface area (TPSA) is 49.4 Å². The highest BCUT2D eigenvalue weighted by Gasteiger charge is 2.57. The van der Waals surface area contributed by atoms with Crippen molar-refractivity contribution in [3.05, 3.63) is 23.2 Å². The molecule has 150 valence electrons. The molecule has 4 saturated carbocycles. The summed E-state index contributed by atoms with van der Waals surface area (Å²) in [5.41, 5.74) is 1.61. The van der Waals surface area contributed by atoms with Gasteiger partial charge >= 0.3 is 0 Å². The van der Waals surface area contributed by atoms with E-state index >= 15 is 0 Å². The first-order chi connectivity index (χ1) is 13.3. The summed E-state index contributed by atoms with van der Waals surface area (Å²) in [4.78, 5) is 26.6. The summed E-state index contributed by atoms with van der Waals surface area (Å²) >= 11 is 10.4. The lowest BCUT2D eigenvalue weighted by Crippen LogP contribution is -2.53. The Bertz CT molecular complexity index is 828. The molecule has 0 radical (unpaired) electrons. The number of hydrogen-bond acceptors (Lipinski definition) is 2. The molecule has 0 spiro atoms. The van der Waals surface area contributed by atoms with Crippen molar-refractivity contribution >= 4 is 50.7 Å². The lowest BCUT2D eigenvalue weighted by Gasteiger charge is -2.60. The molecule has 6 heteroatoms. The van der Waals surface area contributed by atoms with Gasteiger partial charge in [-0.25, -0.2) is 0 Å². The van der Waals surface area contributed by atoms with Gasteiger partial charge in [-0.2, -0.15) is 0 Å². The van der Waals surface area contributed by atoms with Crippen molar-refractivity contribution in [3.63, 3.8) is 0 Å². The number of amides is 2. The Morgan fingerprint density at radius 3 is 2.61 bits per heavy atom. The SMILES string of the molecule is O=C(CC12C[C@H]3C[C@@H](CC(Br)(C3)C1)C2)Nc1ccc(N2CCCC2=O)c(Cl)c1. The van der Waals surface area contributed by atoms with Crippen molar-refractivity contribution in [1.29, 1.82) is 0 Å². The van der Waals surface area contributed by atoms with Gasteiger partial charge in [-0.05, 0) is 80.4 Å². The van der Waals surface area contributed by atoms with Crippen LogP contribution in [-0.2, 0) is 9.59 Å². The molecule has 5 fully saturated rings. The summed E-state index contributed by atoms with van der Waals surface area (Å²) < 4.78 is 0.268. The van der Waals surface area contributed by atoms with Crippen molar-refractivity contribution in [2.24, 2.45) is 17.3 Å². The Labute approximate surface area is 179 Å². The maximum absolute atomic E-state index is 12.9. The summed E-state index contributed by atoms with van der Waals surface area (Å²) in [5, 5.41) is 3.57. The third-order valence-electron chi connectivity index (χ3n) is 7.24. The van der Waals surface area contributed by atoms with Crippen LogP contribution in [0.25, 0.3) is 0 Å². The number of carbonyl (C=O) groups is 2. The second kappa shape index (κ2) is 6.73. The zero-order valence-electron chi connectivity index (χ0n) is 16.0. The molecule has 1 aromatic carbocycles. The molecule has 1 N–H and O–H groups in total. The third-order valence-corrected chi connectivity index (χ3v) is 8.47. The molecule has 4 aliphatic carbocycles. The molecule has 28 heavy (non-hydrogen) atoms. The number of benzene rings is 1. The van der Waals surface area contributed by atoms with Crippen LogP contribution in [0.4, 0.5) is 11.4 Å². The van der Waals surface area contributed by atoms with Gasteiger partial charge in [0.25, 0.3) is 0 Å². The van der Waals surface area contributed by atoms with E-state index in [0.29, 0.717) is 30.1 Å². The Morgan fingerprint density at radius 2 is 2.00 bits per heavy atom. The number of hydrogen-bond donors (Lipinski definition) is 1. The van der Waals surface area contributed by atoms with Gasteiger partial charge in [-0.15, -0.1) is 0 Å². The molecule has 4 nitrogen and oxygen atoms in total. The van der Waals surface area contributed by atoms with Gasteiger partial charge in [0.1, 0.15) is 0 Å². The minimum Gasteiger partial charge on any atom is -0.326 e. The quantitative estimate of drug-likeness (QED) is 0.594. The van der Waals surface area contributed by atoms with Crippen molar-refractivity contribution in [2.45, 2.75) is 62.1 Å². The van der Waals surface area contributed by atoms with Crippen molar-refractivity contribution < 1.29 is 9.59 Å². The molecular formula is C22H26BrClN2O2. The molecule has 1 heterocycles. The van der Waals surface area contributed by atoms with Gasteiger partial charge in [0.05, 0.1) is 10.7 Å². The van der Waals surface area contributed by atoms with Gasteiger partial charge in [-0.3, -0.25) is 9.59 Å². The number of nitrogens with zero attached hydrogens (tertiary/aromatic N) is 1. The highest BCUT2D eigenvalue weighted by molar-refractivity contribution is 9.10. The van der Waals surface area contributed by atoms with E-state index in [2.05, 4.69) is 21.2 Å². The third kappa shape index (κ3) is 3.39. The number of alkyl halides is 1. The molecule has 0 aromatic heterocycles. The fourth-order valence-electron chi connectivity index (χ4n) is 6.79. The number of carbonyl (C=O) groups excluding carboxylic acids is 2. The predicted octanol–water partition coefficient (Wildman–Crippen LogP) is 5.53. The smallest absolute Gasteiger partial charge is 0.227 e. The van der Waals surface area contributed by atoms with E-state index in [4.69, 9.17) is 11.6 Å². The molecule has 1 saturated heterocycles. The van der Waals surface area contributed by atoms with E-state index in [1.807, 2.05) is 12.1 Å². The van der Waals surface area contributed by atoms with Crippen molar-refractivity contribution in [3.8, 4) is 0 Å². The Hall–Kier alpha value is -1.07. The molecule has 6 rings (SSSR count). The van der Waals surface area contributed by atoms with E-state index in [-0.39, 0.29) is 21.6 Å².